The van der Waals surface area contributed by atoms with Gasteiger partial charge < -0.3 is 5.32 Å². The maximum atomic E-state index is 12.5. The van der Waals surface area contributed by atoms with Crippen molar-refractivity contribution in [3.63, 3.8) is 0 Å². The van der Waals surface area contributed by atoms with Crippen molar-refractivity contribution in [1.29, 1.82) is 0 Å². The number of hydrogen-bond donors (Lipinski definition) is 1. The smallest absolute Gasteiger partial charge is 0.267 e. The van der Waals surface area contributed by atoms with Gasteiger partial charge in [0, 0.05) is 15.1 Å². The van der Waals surface area contributed by atoms with Gasteiger partial charge in [0.1, 0.15) is 4.88 Å². The first kappa shape index (κ1) is 15.6. The molecule has 0 atom stereocenters. The monoisotopic (exact) mass is 369 g/mol. The summed E-state index contributed by atoms with van der Waals surface area (Å²) in [6.45, 7) is 2.00. The molecule has 0 aliphatic rings. The largest absolute Gasteiger partial charge is 0.320 e. The average molecular weight is 371 g/mol. The number of benzene rings is 2. The van der Waals surface area contributed by atoms with E-state index in [0.29, 0.717) is 25.6 Å². The Morgan fingerprint density at radius 3 is 2.64 bits per heavy atom. The molecule has 22 heavy (non-hydrogen) atoms. The summed E-state index contributed by atoms with van der Waals surface area (Å²) in [6.07, 6.45) is 0. The third-order valence-corrected chi connectivity index (χ3v) is 5.39. The summed E-state index contributed by atoms with van der Waals surface area (Å²) in [4.78, 5) is 12.9. The number of anilines is 1. The normalized spacial score (nSPS) is 10.9. The van der Waals surface area contributed by atoms with Crippen molar-refractivity contribution in [1.82, 2.24) is 0 Å². The van der Waals surface area contributed by atoms with E-state index in [1.165, 1.54) is 11.3 Å². The Hall–Kier alpha value is -1.26. The summed E-state index contributed by atoms with van der Waals surface area (Å²) in [5.41, 5.74) is 1.58. The van der Waals surface area contributed by atoms with Crippen LogP contribution in [0.5, 0.6) is 0 Å². The fourth-order valence-electron chi connectivity index (χ4n) is 2.09. The number of carbonyl (C=O) groups excluding carboxylic acids is 1. The van der Waals surface area contributed by atoms with Crippen molar-refractivity contribution in [2.45, 2.75) is 6.92 Å². The van der Waals surface area contributed by atoms with Crippen LogP contribution >= 0.6 is 46.1 Å². The molecule has 2 nitrogen and oxygen atoms in total. The van der Waals surface area contributed by atoms with Gasteiger partial charge in [0.15, 0.2) is 0 Å². The van der Waals surface area contributed by atoms with Crippen LogP contribution in [0.3, 0.4) is 0 Å². The van der Waals surface area contributed by atoms with E-state index >= 15 is 0 Å². The standard InChI is InChI=1S/C16H10Cl3NOS/c1-8-2-4-10-13(6-8)22-15(14(10)19)16(21)20-12-7-9(17)3-5-11(12)18/h2-7H,1H3,(H,20,21). The van der Waals surface area contributed by atoms with Gasteiger partial charge in [-0.2, -0.15) is 0 Å². The van der Waals surface area contributed by atoms with Crippen molar-refractivity contribution in [2.24, 2.45) is 0 Å². The molecule has 3 rings (SSSR count). The summed E-state index contributed by atoms with van der Waals surface area (Å²) in [6, 6.07) is 10.8. The van der Waals surface area contributed by atoms with Crippen molar-refractivity contribution in [3.8, 4) is 0 Å². The quantitative estimate of drug-likeness (QED) is 0.554. The molecule has 0 radical (unpaired) electrons. The van der Waals surface area contributed by atoms with Crippen LogP contribution in [0, 0.1) is 6.92 Å². The Balaban J connectivity index is 1.98. The molecule has 0 aliphatic heterocycles. The molecule has 0 saturated heterocycles. The molecule has 1 heterocycles. The van der Waals surface area contributed by atoms with Crippen molar-refractivity contribution in [3.05, 3.63) is 61.9 Å². The van der Waals surface area contributed by atoms with Gasteiger partial charge in [-0.15, -0.1) is 11.3 Å². The zero-order chi connectivity index (χ0) is 15.9. The van der Waals surface area contributed by atoms with E-state index in [1.54, 1.807) is 18.2 Å². The number of nitrogens with one attached hydrogen (secondary N) is 1. The molecule has 6 heteroatoms. The zero-order valence-electron chi connectivity index (χ0n) is 11.4. The molecule has 0 fully saturated rings. The van der Waals surface area contributed by atoms with Gasteiger partial charge in [-0.05, 0) is 36.8 Å². The minimum atomic E-state index is -0.298. The highest BCUT2D eigenvalue weighted by Gasteiger charge is 2.18. The van der Waals surface area contributed by atoms with Crippen molar-refractivity contribution in [2.75, 3.05) is 5.32 Å². The maximum absolute atomic E-state index is 12.5. The predicted octanol–water partition coefficient (Wildman–Crippen LogP) is 6.42. The van der Waals surface area contributed by atoms with Crippen LogP contribution < -0.4 is 5.32 Å². The van der Waals surface area contributed by atoms with E-state index in [-0.39, 0.29) is 5.91 Å². The van der Waals surface area contributed by atoms with Gasteiger partial charge in [-0.1, -0.05) is 46.9 Å². The Kier molecular flexibility index (Phi) is 4.33. The molecule has 1 N–H and O–H groups in total. The molecule has 0 bridgehead atoms. The fourth-order valence-corrected chi connectivity index (χ4v) is 3.94. The summed E-state index contributed by atoms with van der Waals surface area (Å²) >= 11 is 19.7. The van der Waals surface area contributed by atoms with Crippen molar-refractivity contribution < 1.29 is 4.79 Å². The lowest BCUT2D eigenvalue weighted by Gasteiger charge is -2.06. The number of hydrogen-bond acceptors (Lipinski definition) is 2. The lowest BCUT2D eigenvalue weighted by Crippen LogP contribution is -2.11. The third-order valence-electron chi connectivity index (χ3n) is 3.17. The molecule has 112 valence electrons. The highest BCUT2D eigenvalue weighted by atomic mass is 35.5. The highest BCUT2D eigenvalue weighted by molar-refractivity contribution is 7.21. The van der Waals surface area contributed by atoms with E-state index in [4.69, 9.17) is 34.8 Å². The van der Waals surface area contributed by atoms with Gasteiger partial charge in [-0.25, -0.2) is 0 Å². The Morgan fingerprint density at radius 1 is 1.09 bits per heavy atom. The molecular formula is C16H10Cl3NOS. The minimum Gasteiger partial charge on any atom is -0.320 e. The average Bonchev–Trinajstić information content (AvgIpc) is 2.79. The van der Waals surface area contributed by atoms with Crippen LogP contribution in [0.25, 0.3) is 10.1 Å². The Bertz CT molecular complexity index is 888. The molecule has 0 saturated carbocycles. The summed E-state index contributed by atoms with van der Waals surface area (Å²) in [5, 5.41) is 5.00. The van der Waals surface area contributed by atoms with Crippen LogP contribution in [0.4, 0.5) is 5.69 Å². The fraction of sp³-hybridized carbons (Fsp3) is 0.0625. The van der Waals surface area contributed by atoms with Crippen LogP contribution in [0.1, 0.15) is 15.2 Å². The number of thiophene rings is 1. The number of fused-ring (bicyclic) bond motifs is 1. The highest BCUT2D eigenvalue weighted by Crippen LogP contribution is 2.36. The molecule has 3 aromatic rings. The summed E-state index contributed by atoms with van der Waals surface area (Å²) < 4.78 is 0.979. The first-order valence-electron chi connectivity index (χ1n) is 6.41. The van der Waals surface area contributed by atoms with Gasteiger partial charge in [0.05, 0.1) is 15.7 Å². The minimum absolute atomic E-state index is 0.298. The van der Waals surface area contributed by atoms with Crippen LogP contribution in [0.15, 0.2) is 36.4 Å². The molecule has 2 aromatic carbocycles. The van der Waals surface area contributed by atoms with Gasteiger partial charge in [0.25, 0.3) is 5.91 Å². The molecular weight excluding hydrogens is 361 g/mol. The second-order valence-electron chi connectivity index (χ2n) is 4.82. The van der Waals surface area contributed by atoms with E-state index in [0.717, 1.165) is 15.6 Å². The number of rotatable bonds is 2. The summed E-state index contributed by atoms with van der Waals surface area (Å²) in [7, 11) is 0. The molecule has 1 amide bonds. The number of aryl methyl sites for hydroxylation is 1. The number of amides is 1. The van der Waals surface area contributed by atoms with Crippen LogP contribution in [0.2, 0.25) is 15.1 Å². The van der Waals surface area contributed by atoms with E-state index < -0.39 is 0 Å². The second-order valence-corrected chi connectivity index (χ2v) is 7.10. The van der Waals surface area contributed by atoms with Crippen LogP contribution in [-0.4, -0.2) is 5.91 Å². The number of halogens is 3. The predicted molar refractivity (Wildman–Crippen MR) is 96.0 cm³/mol. The van der Waals surface area contributed by atoms with Gasteiger partial charge in [-0.3, -0.25) is 4.79 Å². The summed E-state index contributed by atoms with van der Waals surface area (Å²) in [5.74, 6) is -0.298. The van der Waals surface area contributed by atoms with Gasteiger partial charge in [0.2, 0.25) is 0 Å². The van der Waals surface area contributed by atoms with E-state index in [2.05, 4.69) is 5.32 Å². The zero-order valence-corrected chi connectivity index (χ0v) is 14.5. The lowest BCUT2D eigenvalue weighted by molar-refractivity contribution is 0.103. The van der Waals surface area contributed by atoms with E-state index in [9.17, 15) is 4.79 Å². The molecule has 0 aliphatic carbocycles. The first-order valence-corrected chi connectivity index (χ1v) is 8.36. The Morgan fingerprint density at radius 2 is 1.86 bits per heavy atom. The second kappa shape index (κ2) is 6.09. The molecule has 1 aromatic heterocycles. The lowest BCUT2D eigenvalue weighted by atomic mass is 10.2. The molecule has 0 spiro atoms. The van der Waals surface area contributed by atoms with Gasteiger partial charge >= 0.3 is 0 Å². The Labute approximate surface area is 146 Å². The number of carbonyl (C=O) groups is 1. The first-order chi connectivity index (χ1) is 10.5. The maximum Gasteiger partial charge on any atom is 0.267 e. The van der Waals surface area contributed by atoms with Crippen LogP contribution in [-0.2, 0) is 0 Å². The SMILES string of the molecule is Cc1ccc2c(Cl)c(C(=O)Nc3cc(Cl)ccc3Cl)sc2c1. The molecule has 0 unspecified atom stereocenters. The van der Waals surface area contributed by atoms with E-state index in [1.807, 2.05) is 25.1 Å². The van der Waals surface area contributed by atoms with Crippen molar-refractivity contribution >= 4 is 67.8 Å². The topological polar surface area (TPSA) is 29.1 Å². The third kappa shape index (κ3) is 2.95.